The molecule has 5 nitrogen and oxygen atoms in total. The van der Waals surface area contributed by atoms with Crippen LogP contribution >= 0.6 is 0 Å². The lowest BCUT2D eigenvalue weighted by molar-refractivity contribution is 0.0696. The Kier molecular flexibility index (Phi) is 7.35. The number of aromatic carboxylic acids is 1. The number of carbonyl (C=O) groups is 2. The Morgan fingerprint density at radius 3 is 1.98 bits per heavy atom. The zero-order chi connectivity index (χ0) is 29.1. The van der Waals surface area contributed by atoms with Crippen LogP contribution in [-0.2, 0) is 13.1 Å². The van der Waals surface area contributed by atoms with Crippen LogP contribution in [0.5, 0.6) is 0 Å². The minimum atomic E-state index is -0.989. The first kappa shape index (κ1) is 26.7. The van der Waals surface area contributed by atoms with Gasteiger partial charge in [-0.15, -0.1) is 0 Å². The van der Waals surface area contributed by atoms with Crippen molar-refractivity contribution in [2.24, 2.45) is 0 Å². The summed E-state index contributed by atoms with van der Waals surface area (Å²) in [6.07, 6.45) is 1.99. The molecule has 0 fully saturated rings. The first-order chi connectivity index (χ1) is 20.4. The lowest BCUT2D eigenvalue weighted by Crippen LogP contribution is -2.23. The van der Waals surface area contributed by atoms with E-state index in [0.29, 0.717) is 12.1 Å². The van der Waals surface area contributed by atoms with E-state index in [1.165, 1.54) is 24.3 Å². The van der Waals surface area contributed by atoms with Crippen LogP contribution in [0.2, 0.25) is 0 Å². The average molecular weight is 555 g/mol. The van der Waals surface area contributed by atoms with Crippen LogP contribution in [0.1, 0.15) is 31.8 Å². The van der Waals surface area contributed by atoms with E-state index >= 15 is 0 Å². The van der Waals surface area contributed by atoms with E-state index in [-0.39, 0.29) is 23.8 Å². The van der Waals surface area contributed by atoms with E-state index < -0.39 is 5.97 Å². The molecular formula is C36H27FN2O3. The smallest absolute Gasteiger partial charge is 0.335 e. The third-order valence-corrected chi connectivity index (χ3v) is 7.35. The van der Waals surface area contributed by atoms with E-state index in [0.717, 1.165) is 44.3 Å². The molecule has 0 saturated heterocycles. The van der Waals surface area contributed by atoms with E-state index in [1.54, 1.807) is 24.3 Å². The number of fused-ring (bicyclic) bond motifs is 1. The van der Waals surface area contributed by atoms with Crippen LogP contribution < -0.4 is 5.32 Å². The predicted molar refractivity (Wildman–Crippen MR) is 163 cm³/mol. The van der Waals surface area contributed by atoms with Gasteiger partial charge in [-0.25, -0.2) is 9.18 Å². The van der Waals surface area contributed by atoms with Crippen molar-refractivity contribution in [3.63, 3.8) is 0 Å². The molecule has 6 rings (SSSR count). The monoisotopic (exact) mass is 554 g/mol. The zero-order valence-corrected chi connectivity index (χ0v) is 22.6. The number of hydrogen-bond acceptors (Lipinski definition) is 2. The normalized spacial score (nSPS) is 11.0. The third-order valence-electron chi connectivity index (χ3n) is 7.35. The molecule has 0 spiro atoms. The number of aromatic nitrogens is 1. The Hall–Kier alpha value is -5.49. The highest BCUT2D eigenvalue weighted by molar-refractivity contribution is 6.08. The summed E-state index contributed by atoms with van der Waals surface area (Å²) >= 11 is 0. The van der Waals surface area contributed by atoms with Gasteiger partial charge in [0.1, 0.15) is 5.82 Å². The zero-order valence-electron chi connectivity index (χ0n) is 22.6. The lowest BCUT2D eigenvalue weighted by Gasteiger charge is -2.14. The van der Waals surface area contributed by atoms with Gasteiger partial charge in [0.05, 0.1) is 16.6 Å². The van der Waals surface area contributed by atoms with Gasteiger partial charge in [0.25, 0.3) is 5.91 Å². The van der Waals surface area contributed by atoms with Crippen molar-refractivity contribution < 1.29 is 19.1 Å². The Morgan fingerprint density at radius 2 is 1.31 bits per heavy atom. The second-order valence-corrected chi connectivity index (χ2v) is 10.2. The molecule has 0 atom stereocenters. The van der Waals surface area contributed by atoms with Gasteiger partial charge >= 0.3 is 5.97 Å². The molecule has 0 unspecified atom stereocenters. The summed E-state index contributed by atoms with van der Waals surface area (Å²) in [5.41, 5.74) is 7.36. The SMILES string of the molecule is O=C(O)c1ccc(CNC(=O)c2cc(-c3ccccc3)cc3ccn(Cc4ccc(-c5ccc(F)cc5)cc4)c23)cc1. The minimum absolute atomic E-state index is 0.200. The van der Waals surface area contributed by atoms with Crippen LogP contribution in [0.15, 0.2) is 128 Å². The molecule has 0 aliphatic carbocycles. The fraction of sp³-hybridized carbons (Fsp3) is 0.0556. The summed E-state index contributed by atoms with van der Waals surface area (Å²) in [6.45, 7) is 0.830. The summed E-state index contributed by atoms with van der Waals surface area (Å²) in [7, 11) is 0. The minimum Gasteiger partial charge on any atom is -0.478 e. The van der Waals surface area contributed by atoms with Gasteiger partial charge in [0.15, 0.2) is 0 Å². The van der Waals surface area contributed by atoms with Crippen molar-refractivity contribution in [3.8, 4) is 22.3 Å². The van der Waals surface area contributed by atoms with Crippen molar-refractivity contribution in [1.82, 2.24) is 9.88 Å². The standard InChI is InChI=1S/C36H27FN2O3/c37-32-16-14-28(15-17-32)27-10-8-25(9-11-27)23-39-19-18-30-20-31(26-4-2-1-3-5-26)21-33(34(30)39)35(40)38-22-24-6-12-29(13-7-24)36(41)42/h1-21H,22-23H2,(H,38,40)(H,41,42). The number of rotatable bonds is 8. The van der Waals surface area contributed by atoms with E-state index in [9.17, 15) is 14.0 Å². The molecule has 6 aromatic rings. The fourth-order valence-electron chi connectivity index (χ4n) is 5.14. The van der Waals surface area contributed by atoms with Crippen LogP contribution in [0.25, 0.3) is 33.2 Å². The molecule has 0 bridgehead atoms. The molecule has 206 valence electrons. The number of halogens is 1. The maximum absolute atomic E-state index is 13.7. The summed E-state index contributed by atoms with van der Waals surface area (Å²) in [4.78, 5) is 24.9. The van der Waals surface area contributed by atoms with Gasteiger partial charge in [0, 0.05) is 24.7 Å². The first-order valence-corrected chi connectivity index (χ1v) is 13.6. The largest absolute Gasteiger partial charge is 0.478 e. The summed E-state index contributed by atoms with van der Waals surface area (Å²) in [5.74, 6) is -1.47. The number of benzene rings is 5. The highest BCUT2D eigenvalue weighted by Gasteiger charge is 2.17. The Bertz CT molecular complexity index is 1880. The van der Waals surface area contributed by atoms with Gasteiger partial charge in [-0.3, -0.25) is 4.79 Å². The highest BCUT2D eigenvalue weighted by atomic mass is 19.1. The van der Waals surface area contributed by atoms with Gasteiger partial charge in [-0.1, -0.05) is 78.9 Å². The predicted octanol–water partition coefficient (Wildman–Crippen LogP) is 7.79. The van der Waals surface area contributed by atoms with Gasteiger partial charge < -0.3 is 15.0 Å². The molecule has 1 heterocycles. The molecule has 1 aromatic heterocycles. The molecule has 6 heteroatoms. The molecule has 0 aliphatic heterocycles. The average Bonchev–Trinajstić information content (AvgIpc) is 3.43. The topological polar surface area (TPSA) is 71.3 Å². The van der Waals surface area contributed by atoms with Crippen LogP contribution in [0, 0.1) is 5.82 Å². The van der Waals surface area contributed by atoms with Gasteiger partial charge in [-0.2, -0.15) is 0 Å². The molecule has 42 heavy (non-hydrogen) atoms. The fourth-order valence-corrected chi connectivity index (χ4v) is 5.14. The number of carboxylic acid groups (broad SMARTS) is 1. The van der Waals surface area contributed by atoms with E-state index in [2.05, 4.69) is 16.0 Å². The molecule has 0 radical (unpaired) electrons. The van der Waals surface area contributed by atoms with Gasteiger partial charge in [-0.05, 0) is 75.8 Å². The molecule has 2 N–H and O–H groups in total. The summed E-state index contributed by atoms with van der Waals surface area (Å²) in [5, 5.41) is 13.1. The quantitative estimate of drug-likeness (QED) is 0.202. The Labute approximate surface area is 242 Å². The summed E-state index contributed by atoms with van der Waals surface area (Å²) in [6, 6.07) is 37.0. The van der Waals surface area contributed by atoms with Crippen LogP contribution in [-0.4, -0.2) is 21.6 Å². The molecule has 1 amide bonds. The molecular weight excluding hydrogens is 527 g/mol. The van der Waals surface area contributed by atoms with Crippen molar-refractivity contribution >= 4 is 22.8 Å². The van der Waals surface area contributed by atoms with E-state index in [1.807, 2.05) is 72.9 Å². The Morgan fingerprint density at radius 1 is 0.690 bits per heavy atom. The number of hydrogen-bond donors (Lipinski definition) is 2. The van der Waals surface area contributed by atoms with Crippen LogP contribution in [0.4, 0.5) is 4.39 Å². The molecule has 5 aromatic carbocycles. The van der Waals surface area contributed by atoms with Gasteiger partial charge in [0.2, 0.25) is 0 Å². The van der Waals surface area contributed by atoms with Crippen molar-refractivity contribution in [2.75, 3.05) is 0 Å². The first-order valence-electron chi connectivity index (χ1n) is 13.6. The van der Waals surface area contributed by atoms with Crippen molar-refractivity contribution in [1.29, 1.82) is 0 Å². The number of carbonyl (C=O) groups excluding carboxylic acids is 1. The maximum atomic E-state index is 13.7. The van der Waals surface area contributed by atoms with Crippen molar-refractivity contribution in [3.05, 3.63) is 156 Å². The number of amides is 1. The maximum Gasteiger partial charge on any atom is 0.335 e. The Balaban J connectivity index is 1.31. The third kappa shape index (κ3) is 5.69. The van der Waals surface area contributed by atoms with Crippen LogP contribution in [0.3, 0.4) is 0 Å². The summed E-state index contributed by atoms with van der Waals surface area (Å²) < 4.78 is 15.4. The second-order valence-electron chi connectivity index (χ2n) is 10.2. The molecule has 0 aliphatic rings. The number of nitrogens with one attached hydrogen (secondary N) is 1. The number of carboxylic acids is 1. The molecule has 0 saturated carbocycles. The van der Waals surface area contributed by atoms with Crippen molar-refractivity contribution in [2.45, 2.75) is 13.1 Å². The number of nitrogens with zero attached hydrogens (tertiary/aromatic N) is 1. The second kappa shape index (κ2) is 11.6. The highest BCUT2D eigenvalue weighted by Crippen LogP contribution is 2.30. The van der Waals surface area contributed by atoms with E-state index in [4.69, 9.17) is 5.11 Å². The lowest BCUT2D eigenvalue weighted by atomic mass is 9.99.